The second kappa shape index (κ2) is 8.62. The first-order chi connectivity index (χ1) is 12.4. The molecule has 26 heavy (non-hydrogen) atoms. The molecule has 6 atom stereocenters. The Balaban J connectivity index is 1.51. The summed E-state index contributed by atoms with van der Waals surface area (Å²) in [5.41, 5.74) is 0.455. The molecule has 1 spiro atoms. The highest BCUT2D eigenvalue weighted by Crippen LogP contribution is 2.45. The van der Waals surface area contributed by atoms with E-state index >= 15 is 0 Å². The lowest BCUT2D eigenvalue weighted by Gasteiger charge is -2.34. The van der Waals surface area contributed by atoms with Crippen LogP contribution in [0.2, 0.25) is 0 Å². The highest BCUT2D eigenvalue weighted by atomic mass is 16.8. The van der Waals surface area contributed by atoms with Gasteiger partial charge in [0.15, 0.2) is 24.7 Å². The largest absolute Gasteiger partial charge is 0.366 e. The molecule has 2 saturated heterocycles. The van der Waals surface area contributed by atoms with Gasteiger partial charge in [-0.3, -0.25) is 0 Å². The van der Waals surface area contributed by atoms with Crippen molar-refractivity contribution < 1.29 is 38.6 Å². The van der Waals surface area contributed by atoms with Crippen molar-refractivity contribution >= 4 is 0 Å². The summed E-state index contributed by atoms with van der Waals surface area (Å²) in [6.07, 6.45) is 1.26. The van der Waals surface area contributed by atoms with Crippen molar-refractivity contribution in [3.05, 3.63) is 12.2 Å². The number of hydrogen-bond donors (Lipinski definition) is 2. The van der Waals surface area contributed by atoms with Gasteiger partial charge in [0.05, 0.1) is 6.61 Å². The zero-order valence-corrected chi connectivity index (χ0v) is 15.5. The number of fused-ring (bicyclic) bond motifs is 1. The van der Waals surface area contributed by atoms with Crippen molar-refractivity contribution in [1.29, 1.82) is 0 Å². The third-order valence-electron chi connectivity index (χ3n) is 5.09. The van der Waals surface area contributed by atoms with Crippen molar-refractivity contribution in [3.8, 4) is 0 Å². The van der Waals surface area contributed by atoms with Crippen LogP contribution in [0, 0.1) is 0 Å². The van der Waals surface area contributed by atoms with Gasteiger partial charge in [0.2, 0.25) is 0 Å². The lowest BCUT2D eigenvalue weighted by Crippen LogP contribution is -2.38. The Morgan fingerprint density at radius 3 is 2.50 bits per heavy atom. The number of rotatable bonds is 8. The van der Waals surface area contributed by atoms with E-state index in [0.717, 1.165) is 25.7 Å². The molecule has 0 radical (unpaired) electrons. The van der Waals surface area contributed by atoms with Crippen LogP contribution < -0.4 is 0 Å². The van der Waals surface area contributed by atoms with Crippen LogP contribution in [0.25, 0.3) is 0 Å². The second-order valence-corrected chi connectivity index (χ2v) is 7.23. The maximum atomic E-state index is 9.90. The number of methoxy groups -OCH3 is 1. The number of aliphatic hydroxyl groups is 2. The summed E-state index contributed by atoms with van der Waals surface area (Å²) < 4.78 is 34.1. The van der Waals surface area contributed by atoms with Crippen molar-refractivity contribution in [1.82, 2.24) is 0 Å². The molecular formula is C18H30O8. The van der Waals surface area contributed by atoms with E-state index in [2.05, 4.69) is 6.58 Å². The molecule has 150 valence electrons. The minimum atomic E-state index is -1.20. The molecule has 0 amide bonds. The van der Waals surface area contributed by atoms with Crippen LogP contribution in [0.15, 0.2) is 12.2 Å². The average molecular weight is 374 g/mol. The van der Waals surface area contributed by atoms with Crippen molar-refractivity contribution in [2.45, 2.75) is 82.0 Å². The lowest BCUT2D eigenvalue weighted by atomic mass is 9.94. The van der Waals surface area contributed by atoms with E-state index in [1.54, 1.807) is 14.0 Å². The Morgan fingerprint density at radius 1 is 1.15 bits per heavy atom. The average Bonchev–Trinajstić information content (AvgIpc) is 3.13. The molecule has 2 aliphatic heterocycles. The van der Waals surface area contributed by atoms with E-state index in [0.29, 0.717) is 5.57 Å². The highest BCUT2D eigenvalue weighted by molar-refractivity contribution is 4.98. The Labute approximate surface area is 154 Å². The van der Waals surface area contributed by atoms with E-state index in [4.69, 9.17) is 28.4 Å². The maximum absolute atomic E-state index is 9.90. The van der Waals surface area contributed by atoms with E-state index in [1.807, 2.05) is 0 Å². The van der Waals surface area contributed by atoms with Gasteiger partial charge in [-0.05, 0) is 25.3 Å². The van der Waals surface area contributed by atoms with E-state index in [9.17, 15) is 10.2 Å². The predicted molar refractivity (Wildman–Crippen MR) is 90.0 cm³/mol. The van der Waals surface area contributed by atoms with Crippen LogP contribution >= 0.6 is 0 Å². The molecule has 8 nitrogen and oxygen atoms in total. The molecule has 1 aliphatic carbocycles. The Kier molecular flexibility index (Phi) is 6.68. The van der Waals surface area contributed by atoms with E-state index < -0.39 is 30.8 Å². The molecule has 3 fully saturated rings. The van der Waals surface area contributed by atoms with Gasteiger partial charge in [-0.25, -0.2) is 0 Å². The quantitative estimate of drug-likeness (QED) is 0.481. The first kappa shape index (κ1) is 20.2. The van der Waals surface area contributed by atoms with Gasteiger partial charge >= 0.3 is 0 Å². The van der Waals surface area contributed by atoms with Crippen LogP contribution in [0.4, 0.5) is 0 Å². The molecular weight excluding hydrogens is 344 g/mol. The standard InChI is InChI=1S/C18H30O8/c1-11(2)16(20)23-10-13(19)22-9-12-14-15(17(21-3)24-12)26-18(25-14)7-5-4-6-8-18/h12-17,19-20H,1,4-10H2,2-3H3. The topological polar surface area (TPSA) is 95.8 Å². The van der Waals surface area contributed by atoms with Gasteiger partial charge in [0.1, 0.15) is 24.9 Å². The molecule has 6 unspecified atom stereocenters. The summed E-state index contributed by atoms with van der Waals surface area (Å²) >= 11 is 0. The number of aliphatic hydroxyl groups excluding tert-OH is 2. The van der Waals surface area contributed by atoms with Crippen LogP contribution in [0.3, 0.4) is 0 Å². The molecule has 2 N–H and O–H groups in total. The summed E-state index contributed by atoms with van der Waals surface area (Å²) in [5, 5.41) is 19.4. The SMILES string of the molecule is C=C(C)C(O)OCC(O)OCC1OC(OC)C2OC3(CCCCC3)OC12. The van der Waals surface area contributed by atoms with Crippen molar-refractivity contribution in [2.24, 2.45) is 0 Å². The van der Waals surface area contributed by atoms with Crippen LogP contribution in [-0.2, 0) is 28.4 Å². The normalized spacial score (nSPS) is 35.4. The Hall–Kier alpha value is -0.580. The molecule has 8 heteroatoms. The summed E-state index contributed by atoms with van der Waals surface area (Å²) in [6, 6.07) is 0. The van der Waals surface area contributed by atoms with Gasteiger partial charge in [-0.1, -0.05) is 13.0 Å². The van der Waals surface area contributed by atoms with E-state index in [-0.39, 0.29) is 25.4 Å². The number of hydrogen-bond acceptors (Lipinski definition) is 8. The third-order valence-corrected chi connectivity index (χ3v) is 5.09. The zero-order chi connectivity index (χ0) is 18.7. The van der Waals surface area contributed by atoms with Gasteiger partial charge in [-0.2, -0.15) is 0 Å². The Bertz CT molecular complexity index is 478. The molecule has 0 aromatic carbocycles. The van der Waals surface area contributed by atoms with Crippen LogP contribution in [0.1, 0.15) is 39.0 Å². The lowest BCUT2D eigenvalue weighted by molar-refractivity contribution is -0.260. The second-order valence-electron chi connectivity index (χ2n) is 7.23. The number of ether oxygens (including phenoxy) is 6. The minimum Gasteiger partial charge on any atom is -0.366 e. The molecule has 2 heterocycles. The third kappa shape index (κ3) is 4.45. The summed E-state index contributed by atoms with van der Waals surface area (Å²) in [7, 11) is 1.57. The summed E-state index contributed by atoms with van der Waals surface area (Å²) in [6.45, 7) is 5.14. The van der Waals surface area contributed by atoms with Gasteiger partial charge in [0, 0.05) is 20.0 Å². The monoisotopic (exact) mass is 374 g/mol. The molecule has 0 bridgehead atoms. The van der Waals surface area contributed by atoms with Crippen molar-refractivity contribution in [2.75, 3.05) is 20.3 Å². The van der Waals surface area contributed by atoms with Crippen LogP contribution in [-0.4, -0.2) is 73.5 Å². The fourth-order valence-corrected chi connectivity index (χ4v) is 3.70. The summed E-state index contributed by atoms with van der Waals surface area (Å²) in [5.74, 6) is -0.542. The summed E-state index contributed by atoms with van der Waals surface area (Å²) in [4.78, 5) is 0. The van der Waals surface area contributed by atoms with Gasteiger partial charge in [-0.15, -0.1) is 0 Å². The van der Waals surface area contributed by atoms with Crippen LogP contribution in [0.5, 0.6) is 0 Å². The maximum Gasteiger partial charge on any atom is 0.186 e. The predicted octanol–water partition coefficient (Wildman–Crippen LogP) is 1.05. The van der Waals surface area contributed by atoms with Gasteiger partial charge in [0.25, 0.3) is 0 Å². The minimum absolute atomic E-state index is 0.105. The zero-order valence-electron chi connectivity index (χ0n) is 15.5. The molecule has 0 aromatic rings. The molecule has 3 aliphatic rings. The first-order valence-corrected chi connectivity index (χ1v) is 9.23. The molecule has 0 aromatic heterocycles. The first-order valence-electron chi connectivity index (χ1n) is 9.23. The van der Waals surface area contributed by atoms with Crippen molar-refractivity contribution in [3.63, 3.8) is 0 Å². The molecule has 1 saturated carbocycles. The van der Waals surface area contributed by atoms with E-state index in [1.165, 1.54) is 6.42 Å². The fraction of sp³-hybridized carbons (Fsp3) is 0.889. The fourth-order valence-electron chi connectivity index (χ4n) is 3.70. The highest BCUT2D eigenvalue weighted by Gasteiger charge is 2.58. The smallest absolute Gasteiger partial charge is 0.186 e. The van der Waals surface area contributed by atoms with Gasteiger partial charge < -0.3 is 38.6 Å². The Morgan fingerprint density at radius 2 is 1.85 bits per heavy atom. The molecule has 3 rings (SSSR count).